The smallest absolute Gasteiger partial charge is 0.293 e. The Morgan fingerprint density at radius 3 is 0.639 bits per heavy atom. The maximum atomic E-state index is 11.2. The van der Waals surface area contributed by atoms with Crippen LogP contribution >= 0.6 is 0 Å². The van der Waals surface area contributed by atoms with Gasteiger partial charge in [-0.1, -0.05) is 55.4 Å². The first-order valence-corrected chi connectivity index (χ1v) is 24.4. The van der Waals surface area contributed by atoms with E-state index in [4.69, 9.17) is 37.9 Å². The Kier molecular flexibility index (Phi) is 30.9. The largest absolute Gasteiger partial charge is 0.465 e. The van der Waals surface area contributed by atoms with Gasteiger partial charge in [-0.3, -0.25) is 38.4 Å². The average molecular weight is 1040 g/mol. The molecule has 0 aromatic rings. The van der Waals surface area contributed by atoms with Crippen LogP contribution in [0, 0.1) is 47.3 Å². The number of aliphatic hydroxyl groups excluding tert-OH is 4. The lowest BCUT2D eigenvalue weighted by molar-refractivity contribution is -0.164. The van der Waals surface area contributed by atoms with Gasteiger partial charge >= 0.3 is 0 Å². The summed E-state index contributed by atoms with van der Waals surface area (Å²) < 4.78 is 41.6. The van der Waals surface area contributed by atoms with Crippen molar-refractivity contribution in [3.8, 4) is 0 Å². The number of hydrogen-bond donors (Lipinski definition) is 8. The number of ether oxygens (including phenoxy) is 8. The van der Waals surface area contributed by atoms with Crippen LogP contribution in [-0.2, 0) is 76.3 Å². The first-order chi connectivity index (χ1) is 34.0. The normalized spacial score (nSPS) is 35.9. The zero-order valence-electron chi connectivity index (χ0n) is 43.8. The van der Waals surface area contributed by atoms with Gasteiger partial charge in [-0.2, -0.15) is 0 Å². The van der Waals surface area contributed by atoms with Crippen LogP contribution in [0.3, 0.4) is 0 Å². The highest BCUT2D eigenvalue weighted by molar-refractivity contribution is 5.74. The SMILES string of the molecule is CC(=O)NC1C(C)C(C)[C@@H](CO)O[C@H]1COC=O.CC(=O)NC1C(C)C(C)[C@@H](CO)O[C@H]1COC=O.CC(=O)NC1[C@@H](C)C(C)[C@@H](CO)O[C@H]1COC=O.CC(=O)NC1[C@@H](C)C(C)[C@@H](CO)O[C@H]1COC=O. The molecule has 0 saturated carbocycles. The molecule has 0 aliphatic carbocycles. The molecule has 24 nitrogen and oxygen atoms in total. The molecule has 0 radical (unpaired) electrons. The van der Waals surface area contributed by atoms with Gasteiger partial charge in [0.15, 0.2) is 0 Å². The number of carbonyl (C=O) groups is 8. The molecule has 4 fully saturated rings. The number of rotatable bonds is 20. The zero-order chi connectivity index (χ0) is 54.8. The Bertz CT molecular complexity index is 1420. The van der Waals surface area contributed by atoms with E-state index in [-0.39, 0.29) is 172 Å². The molecule has 416 valence electrons. The summed E-state index contributed by atoms with van der Waals surface area (Å²) in [6, 6.07) is -0.888. The predicted molar refractivity (Wildman–Crippen MR) is 255 cm³/mol. The number of hydrogen-bond acceptors (Lipinski definition) is 20. The lowest BCUT2D eigenvalue weighted by Gasteiger charge is -2.44. The third-order valence-electron chi connectivity index (χ3n) is 14.4. The molecule has 0 aromatic carbocycles. The number of nitrogens with one attached hydrogen (secondary N) is 4. The van der Waals surface area contributed by atoms with Crippen LogP contribution in [0.15, 0.2) is 0 Å². The van der Waals surface area contributed by atoms with Gasteiger partial charge in [0.1, 0.15) is 50.8 Å². The van der Waals surface area contributed by atoms with E-state index in [1.54, 1.807) is 0 Å². The van der Waals surface area contributed by atoms with Gasteiger partial charge in [-0.25, -0.2) is 0 Å². The van der Waals surface area contributed by atoms with E-state index < -0.39 is 24.4 Å². The maximum absolute atomic E-state index is 11.2. The third-order valence-corrected chi connectivity index (χ3v) is 14.4. The molecule has 24 heteroatoms. The topological polar surface area (TPSA) is 339 Å². The predicted octanol–water partition coefficient (Wildman–Crippen LogP) is -1.22. The molecule has 20 atom stereocenters. The summed E-state index contributed by atoms with van der Waals surface area (Å²) in [6.07, 6.45) is -2.92. The summed E-state index contributed by atoms with van der Waals surface area (Å²) in [7, 11) is 0. The summed E-state index contributed by atoms with van der Waals surface area (Å²) in [6.45, 7) is 22.9. The first kappa shape index (κ1) is 65.5. The lowest BCUT2D eigenvalue weighted by atomic mass is 9.80. The fourth-order valence-corrected chi connectivity index (χ4v) is 9.53. The van der Waals surface area contributed by atoms with Crippen LogP contribution in [0.1, 0.15) is 83.1 Å². The van der Waals surface area contributed by atoms with Crippen LogP contribution in [0.25, 0.3) is 0 Å². The molecule has 0 aromatic heterocycles. The molecule has 0 spiro atoms. The number of carbonyl (C=O) groups excluding carboxylic acids is 8. The summed E-state index contributed by atoms with van der Waals surface area (Å²) in [5.41, 5.74) is 0. The van der Waals surface area contributed by atoms with Crippen molar-refractivity contribution in [2.75, 3.05) is 52.9 Å². The van der Waals surface area contributed by atoms with E-state index in [1.807, 2.05) is 55.4 Å². The van der Waals surface area contributed by atoms with Crippen molar-refractivity contribution in [3.05, 3.63) is 0 Å². The highest BCUT2D eigenvalue weighted by Crippen LogP contribution is 2.34. The first-order valence-electron chi connectivity index (χ1n) is 24.4. The van der Waals surface area contributed by atoms with E-state index in [0.717, 1.165) is 0 Å². The van der Waals surface area contributed by atoms with Gasteiger partial charge in [-0.15, -0.1) is 0 Å². The van der Waals surface area contributed by atoms with Crippen molar-refractivity contribution in [1.82, 2.24) is 21.3 Å². The van der Waals surface area contributed by atoms with Crippen LogP contribution in [0.4, 0.5) is 0 Å². The molecule has 0 bridgehead atoms. The van der Waals surface area contributed by atoms with Gasteiger partial charge in [0, 0.05) is 27.7 Å². The van der Waals surface area contributed by atoms with Gasteiger partial charge in [-0.05, 0) is 47.3 Å². The summed E-state index contributed by atoms with van der Waals surface area (Å²) in [5, 5.41) is 48.4. The highest BCUT2D eigenvalue weighted by Gasteiger charge is 2.45. The second-order valence-corrected chi connectivity index (χ2v) is 19.1. The zero-order valence-corrected chi connectivity index (χ0v) is 43.8. The Hall–Kier alpha value is -4.56. The Morgan fingerprint density at radius 1 is 0.347 bits per heavy atom. The molecule has 4 rings (SSSR count). The van der Waals surface area contributed by atoms with E-state index >= 15 is 0 Å². The molecule has 4 amide bonds. The molecule has 4 aliphatic heterocycles. The minimum Gasteiger partial charge on any atom is -0.465 e. The standard InChI is InChI=1S/4C12H21NO5/c4*1-7-8(2)12(13-9(3)16)11(5-17-6-15)18-10(7)4-14/h4*6-8,10-12,14H,4-5H2,1-3H3,(H,13,16)/t2*7?,8?,10-,11+,12?;2*7?,8-,10+,11-,12?/m1100/s1. The van der Waals surface area contributed by atoms with Crippen molar-refractivity contribution in [1.29, 1.82) is 0 Å². The fraction of sp³-hybridized carbons (Fsp3) is 0.833. The van der Waals surface area contributed by atoms with E-state index in [1.165, 1.54) is 27.7 Å². The van der Waals surface area contributed by atoms with Gasteiger partial charge < -0.3 is 79.6 Å². The van der Waals surface area contributed by atoms with Crippen molar-refractivity contribution >= 4 is 49.5 Å². The van der Waals surface area contributed by atoms with Crippen molar-refractivity contribution in [2.45, 2.75) is 156 Å². The number of amides is 4. The minimum absolute atomic E-state index is 0.0714. The third kappa shape index (κ3) is 20.4. The second kappa shape index (κ2) is 34.0. The maximum Gasteiger partial charge on any atom is 0.293 e. The van der Waals surface area contributed by atoms with E-state index in [0.29, 0.717) is 25.9 Å². The molecule has 4 saturated heterocycles. The molecule has 10 unspecified atom stereocenters. The molecular formula is C48H84N4O20. The Labute approximate surface area is 422 Å². The van der Waals surface area contributed by atoms with Crippen LogP contribution in [0.2, 0.25) is 0 Å². The van der Waals surface area contributed by atoms with Crippen molar-refractivity contribution < 1.29 is 96.7 Å². The van der Waals surface area contributed by atoms with E-state index in [2.05, 4.69) is 21.3 Å². The number of aliphatic hydroxyl groups is 4. The molecule has 8 N–H and O–H groups in total. The summed E-state index contributed by atoms with van der Waals surface area (Å²) in [4.78, 5) is 85.9. The minimum atomic E-state index is -0.428. The van der Waals surface area contributed by atoms with E-state index in [9.17, 15) is 58.8 Å². The monoisotopic (exact) mass is 1040 g/mol. The lowest BCUT2D eigenvalue weighted by Crippen LogP contribution is -2.58. The van der Waals surface area contributed by atoms with Crippen LogP contribution in [-0.4, -0.2) is 196 Å². The second-order valence-electron chi connectivity index (χ2n) is 19.1. The molecular weight excluding hydrogens is 953 g/mol. The highest BCUT2D eigenvalue weighted by atomic mass is 16.6. The van der Waals surface area contributed by atoms with Crippen molar-refractivity contribution in [2.24, 2.45) is 47.3 Å². The van der Waals surface area contributed by atoms with Crippen LogP contribution in [0.5, 0.6) is 0 Å². The Balaban J connectivity index is 0.000000480. The molecule has 72 heavy (non-hydrogen) atoms. The average Bonchev–Trinajstić information content (AvgIpc) is 3.34. The molecule has 4 heterocycles. The van der Waals surface area contributed by atoms with Crippen molar-refractivity contribution in [3.63, 3.8) is 0 Å². The fourth-order valence-electron chi connectivity index (χ4n) is 9.53. The quantitative estimate of drug-likeness (QED) is 0.0524. The molecule has 4 aliphatic rings. The summed E-state index contributed by atoms with van der Waals surface area (Å²) in [5.74, 6) is 0.335. The van der Waals surface area contributed by atoms with Gasteiger partial charge in [0.2, 0.25) is 23.6 Å². The van der Waals surface area contributed by atoms with Gasteiger partial charge in [0.25, 0.3) is 25.9 Å². The summed E-state index contributed by atoms with van der Waals surface area (Å²) >= 11 is 0. The Morgan fingerprint density at radius 2 is 0.514 bits per heavy atom. The van der Waals surface area contributed by atoms with Crippen LogP contribution < -0.4 is 21.3 Å². The van der Waals surface area contributed by atoms with Gasteiger partial charge in [0.05, 0.1) is 75.0 Å².